The first kappa shape index (κ1) is 14.1. The number of hydrazine groups is 1. The van der Waals surface area contributed by atoms with E-state index < -0.39 is 6.04 Å². The number of hydrogen-bond donors (Lipinski definition) is 4. The number of allylic oxidation sites excluding steroid dienone is 1. The highest BCUT2D eigenvalue weighted by atomic mass is 16.5. The zero-order valence-corrected chi connectivity index (χ0v) is 8.82. The largest absolute Gasteiger partial charge is 0.432 e. The molecule has 0 fully saturated rings. The molecule has 0 aromatic rings. The van der Waals surface area contributed by atoms with Gasteiger partial charge in [0.25, 0.3) is 0 Å². The minimum absolute atomic E-state index is 0.181. The van der Waals surface area contributed by atoms with Crippen molar-refractivity contribution >= 4 is 5.97 Å². The zero-order valence-electron chi connectivity index (χ0n) is 8.82. The normalized spacial score (nSPS) is 10.4. The van der Waals surface area contributed by atoms with Gasteiger partial charge in [0, 0.05) is 6.54 Å². The molecule has 0 saturated carbocycles. The minimum atomic E-state index is -0.429. The van der Waals surface area contributed by atoms with Crippen molar-refractivity contribution in [3.8, 4) is 0 Å². The van der Waals surface area contributed by atoms with E-state index in [1.54, 1.807) is 6.92 Å². The minimum Gasteiger partial charge on any atom is -0.432 e. The van der Waals surface area contributed by atoms with E-state index in [-0.39, 0.29) is 25.6 Å². The van der Waals surface area contributed by atoms with E-state index in [2.05, 4.69) is 17.4 Å². The molecule has 0 radical (unpaired) electrons. The second-order valence-electron chi connectivity index (χ2n) is 3.06. The van der Waals surface area contributed by atoms with Gasteiger partial charge in [-0.2, -0.15) is 0 Å². The topological polar surface area (TPSA) is 90.8 Å². The molecule has 0 rings (SSSR count). The van der Waals surface area contributed by atoms with Gasteiger partial charge in [-0.3, -0.25) is 15.6 Å². The second-order valence-corrected chi connectivity index (χ2v) is 3.06. The van der Waals surface area contributed by atoms with Crippen molar-refractivity contribution in [1.29, 1.82) is 0 Å². The fourth-order valence-electron chi connectivity index (χ4n) is 0.775. The fourth-order valence-corrected chi connectivity index (χ4v) is 0.775. The van der Waals surface area contributed by atoms with Gasteiger partial charge in [-0.25, -0.2) is 0 Å². The van der Waals surface area contributed by atoms with E-state index in [1.165, 1.54) is 0 Å². The highest BCUT2D eigenvalue weighted by Crippen LogP contribution is 1.93. The van der Waals surface area contributed by atoms with Crippen molar-refractivity contribution in [2.75, 3.05) is 19.8 Å². The van der Waals surface area contributed by atoms with Gasteiger partial charge >= 0.3 is 5.97 Å². The van der Waals surface area contributed by atoms with Crippen molar-refractivity contribution < 1.29 is 19.7 Å². The third kappa shape index (κ3) is 8.07. The zero-order chi connectivity index (χ0) is 11.7. The van der Waals surface area contributed by atoms with Crippen molar-refractivity contribution in [3.63, 3.8) is 0 Å². The van der Waals surface area contributed by atoms with Gasteiger partial charge in [-0.05, 0) is 6.92 Å². The predicted molar refractivity (Wildman–Crippen MR) is 54.6 cm³/mol. The van der Waals surface area contributed by atoms with Crippen molar-refractivity contribution in [2.45, 2.75) is 19.4 Å². The van der Waals surface area contributed by atoms with Crippen LogP contribution in [0.15, 0.2) is 12.3 Å². The number of rotatable bonds is 8. The van der Waals surface area contributed by atoms with E-state index in [0.29, 0.717) is 12.3 Å². The smallest absolute Gasteiger partial charge is 0.312 e. The predicted octanol–water partition coefficient (Wildman–Crippen LogP) is -1.10. The van der Waals surface area contributed by atoms with Gasteiger partial charge in [-0.1, -0.05) is 6.58 Å². The van der Waals surface area contributed by atoms with Crippen molar-refractivity contribution in [3.05, 3.63) is 12.3 Å². The van der Waals surface area contributed by atoms with E-state index in [9.17, 15) is 4.79 Å². The Morgan fingerprint density at radius 3 is 2.53 bits per heavy atom. The summed E-state index contributed by atoms with van der Waals surface area (Å²) in [6.45, 7) is 5.02. The molecule has 0 heterocycles. The Hall–Kier alpha value is -0.950. The number of aliphatic hydroxyl groups is 2. The third-order valence-corrected chi connectivity index (χ3v) is 1.49. The van der Waals surface area contributed by atoms with Crippen LogP contribution in [0.1, 0.15) is 13.3 Å². The number of aliphatic hydroxyl groups excluding tert-OH is 2. The number of esters is 1. The molecular weight excluding hydrogens is 200 g/mol. The molecule has 0 spiro atoms. The summed E-state index contributed by atoms with van der Waals surface area (Å²) in [4.78, 5) is 11.0. The highest BCUT2D eigenvalue weighted by Gasteiger charge is 2.05. The van der Waals surface area contributed by atoms with Gasteiger partial charge in [0.1, 0.15) is 0 Å². The molecule has 15 heavy (non-hydrogen) atoms. The number of hydrogen-bond acceptors (Lipinski definition) is 6. The first-order valence-electron chi connectivity index (χ1n) is 4.66. The van der Waals surface area contributed by atoms with E-state index >= 15 is 0 Å². The van der Waals surface area contributed by atoms with Crippen LogP contribution in [-0.2, 0) is 9.53 Å². The number of carbonyl (C=O) groups is 1. The molecular formula is C9H18N2O4. The van der Waals surface area contributed by atoms with Crippen LogP contribution in [-0.4, -0.2) is 42.0 Å². The standard InChI is InChI=1S/C9H18N2O4/c1-7(2)15-9(14)3-4-10-11-8(5-12)6-13/h8,10-13H,1,3-6H2,2H3. The van der Waals surface area contributed by atoms with Crippen LogP contribution in [0.5, 0.6) is 0 Å². The van der Waals surface area contributed by atoms with Crippen LogP contribution in [0.3, 0.4) is 0 Å². The Morgan fingerprint density at radius 1 is 1.47 bits per heavy atom. The van der Waals surface area contributed by atoms with E-state index in [0.717, 1.165) is 0 Å². The Bertz CT molecular complexity index is 204. The molecule has 0 atom stereocenters. The summed E-state index contributed by atoms with van der Waals surface area (Å²) >= 11 is 0. The molecule has 0 aliphatic carbocycles. The Labute approximate surface area is 88.9 Å². The molecule has 4 N–H and O–H groups in total. The van der Waals surface area contributed by atoms with Crippen LogP contribution >= 0.6 is 0 Å². The van der Waals surface area contributed by atoms with Gasteiger partial charge in [0.15, 0.2) is 0 Å². The quantitative estimate of drug-likeness (QED) is 0.179. The fraction of sp³-hybridized carbons (Fsp3) is 0.667. The van der Waals surface area contributed by atoms with Gasteiger partial charge < -0.3 is 14.9 Å². The molecule has 0 amide bonds. The lowest BCUT2D eigenvalue weighted by Gasteiger charge is -2.13. The molecule has 6 nitrogen and oxygen atoms in total. The number of ether oxygens (including phenoxy) is 1. The molecule has 0 bridgehead atoms. The molecule has 88 valence electrons. The average Bonchev–Trinajstić information content (AvgIpc) is 2.17. The van der Waals surface area contributed by atoms with Crippen LogP contribution in [0, 0.1) is 0 Å². The average molecular weight is 218 g/mol. The molecule has 0 saturated heterocycles. The summed E-state index contributed by atoms with van der Waals surface area (Å²) in [6, 6.07) is -0.429. The van der Waals surface area contributed by atoms with Gasteiger partial charge in [0.05, 0.1) is 31.4 Å². The van der Waals surface area contributed by atoms with Crippen molar-refractivity contribution in [2.24, 2.45) is 0 Å². The SMILES string of the molecule is C=C(C)OC(=O)CCNNC(CO)CO. The summed E-state index contributed by atoms with van der Waals surface area (Å²) in [5, 5.41) is 17.4. The van der Waals surface area contributed by atoms with Crippen LogP contribution in [0.2, 0.25) is 0 Å². The monoisotopic (exact) mass is 218 g/mol. The lowest BCUT2D eigenvalue weighted by atomic mass is 10.3. The number of nitrogens with one attached hydrogen (secondary N) is 2. The maximum Gasteiger partial charge on any atom is 0.312 e. The summed E-state index contributed by atoms with van der Waals surface area (Å²) in [6.07, 6.45) is 0.184. The van der Waals surface area contributed by atoms with Crippen LogP contribution < -0.4 is 10.9 Å². The Morgan fingerprint density at radius 2 is 2.07 bits per heavy atom. The highest BCUT2D eigenvalue weighted by molar-refractivity contribution is 5.70. The summed E-state index contributed by atoms with van der Waals surface area (Å²) in [5.41, 5.74) is 5.34. The van der Waals surface area contributed by atoms with Crippen LogP contribution in [0.25, 0.3) is 0 Å². The molecule has 0 aliphatic heterocycles. The lowest BCUT2D eigenvalue weighted by molar-refractivity contribution is -0.139. The Balaban J connectivity index is 3.45. The molecule has 0 aromatic carbocycles. The molecule has 0 aliphatic rings. The summed E-state index contributed by atoms with van der Waals surface area (Å²) in [5.74, 6) is -0.0158. The second kappa shape index (κ2) is 8.37. The van der Waals surface area contributed by atoms with Gasteiger partial charge in [0.2, 0.25) is 0 Å². The lowest BCUT2D eigenvalue weighted by Crippen LogP contribution is -2.45. The van der Waals surface area contributed by atoms with E-state index in [4.69, 9.17) is 14.9 Å². The maximum absolute atomic E-state index is 11.0. The summed E-state index contributed by atoms with van der Waals surface area (Å²) in [7, 11) is 0. The first-order valence-corrected chi connectivity index (χ1v) is 4.66. The van der Waals surface area contributed by atoms with Gasteiger partial charge in [-0.15, -0.1) is 0 Å². The molecule has 6 heteroatoms. The summed E-state index contributed by atoms with van der Waals surface area (Å²) < 4.78 is 4.71. The number of carbonyl (C=O) groups excluding carboxylic acids is 1. The molecule has 0 unspecified atom stereocenters. The third-order valence-electron chi connectivity index (χ3n) is 1.49. The van der Waals surface area contributed by atoms with Crippen molar-refractivity contribution in [1.82, 2.24) is 10.9 Å². The Kier molecular flexibility index (Phi) is 7.84. The van der Waals surface area contributed by atoms with E-state index in [1.807, 2.05) is 0 Å². The molecule has 0 aromatic heterocycles. The first-order chi connectivity index (χ1) is 7.10. The van der Waals surface area contributed by atoms with Crippen LogP contribution in [0.4, 0.5) is 0 Å². The maximum atomic E-state index is 11.0.